The molecule has 0 aromatic heterocycles. The van der Waals surface area contributed by atoms with E-state index in [0.29, 0.717) is 12.5 Å². The van der Waals surface area contributed by atoms with Crippen LogP contribution in [0.1, 0.15) is 52.7 Å². The fraction of sp³-hybridized carbons (Fsp3) is 0.469. The van der Waals surface area contributed by atoms with Crippen LogP contribution in [0.25, 0.3) is 10.8 Å². The zero-order valence-corrected chi connectivity index (χ0v) is 22.6. The van der Waals surface area contributed by atoms with Crippen LogP contribution >= 0.6 is 0 Å². The van der Waals surface area contributed by atoms with Crippen molar-refractivity contribution in [2.75, 3.05) is 46.4 Å². The third kappa shape index (κ3) is 5.93. The SMILES string of the molecule is COc1ccc2c(OCCCN3CCCCC(CN4CCc5cc(C)c(C)cc5C4=O)C3)cccc2c1. The van der Waals surface area contributed by atoms with Crippen molar-refractivity contribution in [1.29, 1.82) is 0 Å². The van der Waals surface area contributed by atoms with Crippen molar-refractivity contribution in [2.45, 2.75) is 46.0 Å². The van der Waals surface area contributed by atoms with E-state index in [2.05, 4.69) is 47.9 Å². The number of fused-ring (bicyclic) bond motifs is 2. The Hall–Kier alpha value is -3.05. The van der Waals surface area contributed by atoms with Crippen molar-refractivity contribution in [3.05, 3.63) is 70.8 Å². The van der Waals surface area contributed by atoms with Gasteiger partial charge in [0.1, 0.15) is 11.5 Å². The maximum absolute atomic E-state index is 13.3. The van der Waals surface area contributed by atoms with Gasteiger partial charge in [0.05, 0.1) is 13.7 Å². The summed E-state index contributed by atoms with van der Waals surface area (Å²) in [4.78, 5) is 18.0. The van der Waals surface area contributed by atoms with Gasteiger partial charge in [-0.25, -0.2) is 0 Å². The Morgan fingerprint density at radius 1 is 1.00 bits per heavy atom. The quantitative estimate of drug-likeness (QED) is 0.354. The van der Waals surface area contributed by atoms with Crippen molar-refractivity contribution in [1.82, 2.24) is 9.80 Å². The van der Waals surface area contributed by atoms with Gasteiger partial charge in [0.25, 0.3) is 5.91 Å². The maximum Gasteiger partial charge on any atom is 0.254 e. The molecule has 1 saturated heterocycles. The number of methoxy groups -OCH3 is 1. The molecule has 0 radical (unpaired) electrons. The minimum Gasteiger partial charge on any atom is -0.497 e. The number of likely N-dealkylation sites (tertiary alicyclic amines) is 1. The average molecular weight is 501 g/mol. The second-order valence-corrected chi connectivity index (χ2v) is 10.8. The second kappa shape index (κ2) is 11.6. The molecule has 0 spiro atoms. The predicted molar refractivity (Wildman–Crippen MR) is 150 cm³/mol. The molecule has 0 saturated carbocycles. The second-order valence-electron chi connectivity index (χ2n) is 10.8. The van der Waals surface area contributed by atoms with E-state index in [-0.39, 0.29) is 5.91 Å². The minimum absolute atomic E-state index is 0.223. The van der Waals surface area contributed by atoms with E-state index in [1.54, 1.807) is 7.11 Å². The Labute approximate surface area is 221 Å². The number of hydrogen-bond acceptors (Lipinski definition) is 4. The number of amides is 1. The molecule has 0 N–H and O–H groups in total. The van der Waals surface area contributed by atoms with Gasteiger partial charge in [-0.05, 0) is 104 Å². The van der Waals surface area contributed by atoms with E-state index >= 15 is 0 Å². The average Bonchev–Trinajstić information content (AvgIpc) is 3.14. The summed E-state index contributed by atoms with van der Waals surface area (Å²) < 4.78 is 11.6. The lowest BCUT2D eigenvalue weighted by atomic mass is 9.93. The van der Waals surface area contributed by atoms with Crippen LogP contribution < -0.4 is 9.47 Å². The Balaban J connectivity index is 1.14. The summed E-state index contributed by atoms with van der Waals surface area (Å²) in [6, 6.07) is 16.6. The smallest absolute Gasteiger partial charge is 0.254 e. The summed E-state index contributed by atoms with van der Waals surface area (Å²) in [5, 5.41) is 2.25. The van der Waals surface area contributed by atoms with Crippen molar-refractivity contribution in [2.24, 2.45) is 5.92 Å². The Kier molecular flexibility index (Phi) is 7.99. The van der Waals surface area contributed by atoms with Gasteiger partial charge in [-0.3, -0.25) is 4.79 Å². The number of nitrogens with zero attached hydrogens (tertiary/aromatic N) is 2. The van der Waals surface area contributed by atoms with Crippen molar-refractivity contribution >= 4 is 16.7 Å². The number of benzene rings is 3. The monoisotopic (exact) mass is 500 g/mol. The lowest BCUT2D eigenvalue weighted by Crippen LogP contribution is -2.43. The van der Waals surface area contributed by atoms with Gasteiger partial charge in [-0.2, -0.15) is 0 Å². The zero-order valence-electron chi connectivity index (χ0n) is 22.6. The molecule has 1 unspecified atom stereocenters. The Morgan fingerprint density at radius 2 is 1.86 bits per heavy atom. The van der Waals surface area contributed by atoms with E-state index < -0.39 is 0 Å². The van der Waals surface area contributed by atoms with Crippen LogP contribution in [0.5, 0.6) is 11.5 Å². The highest BCUT2D eigenvalue weighted by Gasteiger charge is 2.28. The number of carbonyl (C=O) groups is 1. The van der Waals surface area contributed by atoms with Gasteiger partial charge in [0, 0.05) is 37.1 Å². The normalized spacial score (nSPS) is 18.5. The molecule has 5 nitrogen and oxygen atoms in total. The molecule has 0 aliphatic carbocycles. The summed E-state index contributed by atoms with van der Waals surface area (Å²) >= 11 is 0. The predicted octanol–water partition coefficient (Wildman–Crippen LogP) is 6.03. The fourth-order valence-corrected chi connectivity index (χ4v) is 5.92. The molecular formula is C32H40N2O3. The third-order valence-electron chi connectivity index (χ3n) is 8.14. The largest absolute Gasteiger partial charge is 0.497 e. The summed E-state index contributed by atoms with van der Waals surface area (Å²) in [5.41, 5.74) is 4.63. The molecule has 5 rings (SSSR count). The number of carbonyl (C=O) groups excluding carboxylic acids is 1. The highest BCUT2D eigenvalue weighted by molar-refractivity contribution is 5.97. The zero-order chi connectivity index (χ0) is 25.8. The van der Waals surface area contributed by atoms with Gasteiger partial charge >= 0.3 is 0 Å². The Morgan fingerprint density at radius 3 is 2.73 bits per heavy atom. The number of aryl methyl sites for hydroxylation is 2. The summed E-state index contributed by atoms with van der Waals surface area (Å²) in [7, 11) is 1.69. The molecule has 3 aromatic rings. The highest BCUT2D eigenvalue weighted by Crippen LogP contribution is 2.29. The van der Waals surface area contributed by atoms with E-state index in [9.17, 15) is 4.79 Å². The molecule has 2 aliphatic rings. The van der Waals surface area contributed by atoms with E-state index in [1.165, 1.54) is 36.0 Å². The highest BCUT2D eigenvalue weighted by atomic mass is 16.5. The van der Waals surface area contributed by atoms with E-state index in [0.717, 1.165) is 73.4 Å². The molecule has 1 fully saturated rings. The number of rotatable bonds is 8. The number of hydrogen-bond donors (Lipinski definition) is 0. The first-order valence-electron chi connectivity index (χ1n) is 13.8. The lowest BCUT2D eigenvalue weighted by Gasteiger charge is -2.33. The summed E-state index contributed by atoms with van der Waals surface area (Å²) in [6.07, 6.45) is 5.65. The van der Waals surface area contributed by atoms with Crippen LogP contribution in [-0.2, 0) is 6.42 Å². The van der Waals surface area contributed by atoms with E-state index in [4.69, 9.17) is 9.47 Å². The first kappa shape index (κ1) is 25.6. The van der Waals surface area contributed by atoms with Crippen molar-refractivity contribution < 1.29 is 14.3 Å². The molecule has 5 heteroatoms. The first-order valence-corrected chi connectivity index (χ1v) is 13.8. The van der Waals surface area contributed by atoms with Crippen molar-refractivity contribution in [3.63, 3.8) is 0 Å². The van der Waals surface area contributed by atoms with Gasteiger partial charge in [0.2, 0.25) is 0 Å². The summed E-state index contributed by atoms with van der Waals surface area (Å²) in [6.45, 7) is 9.89. The van der Waals surface area contributed by atoms with E-state index in [1.807, 2.05) is 24.3 Å². The maximum atomic E-state index is 13.3. The van der Waals surface area contributed by atoms with Crippen LogP contribution in [0, 0.1) is 19.8 Å². The molecule has 3 aromatic carbocycles. The third-order valence-corrected chi connectivity index (χ3v) is 8.14. The molecule has 2 aliphatic heterocycles. The topological polar surface area (TPSA) is 42.0 Å². The molecule has 1 atom stereocenters. The summed E-state index contributed by atoms with van der Waals surface area (Å²) in [5.74, 6) is 2.55. The van der Waals surface area contributed by atoms with Crippen molar-refractivity contribution in [3.8, 4) is 11.5 Å². The molecule has 196 valence electrons. The van der Waals surface area contributed by atoms with Crippen LogP contribution in [0.4, 0.5) is 0 Å². The van der Waals surface area contributed by atoms with Gasteiger partial charge in [0.15, 0.2) is 0 Å². The van der Waals surface area contributed by atoms with Crippen LogP contribution in [0.15, 0.2) is 48.5 Å². The molecule has 2 heterocycles. The molecule has 0 bridgehead atoms. The standard InChI is InChI=1S/C32H40N2O3/c1-23-18-27-13-16-34(32(35)30(27)19-24(23)2)22-25-8-4-5-14-33(21-25)15-7-17-37-31-10-6-9-26-20-28(36-3)11-12-29(26)31/h6,9-12,18-20,25H,4-5,7-8,13-17,21-22H2,1-3H3. The van der Waals surface area contributed by atoms with Gasteiger partial charge < -0.3 is 19.3 Å². The molecule has 37 heavy (non-hydrogen) atoms. The van der Waals surface area contributed by atoms with Gasteiger partial charge in [-0.15, -0.1) is 0 Å². The minimum atomic E-state index is 0.223. The molecule has 1 amide bonds. The number of ether oxygens (including phenoxy) is 2. The van der Waals surface area contributed by atoms with Crippen LogP contribution in [-0.4, -0.2) is 62.1 Å². The first-order chi connectivity index (χ1) is 18.0. The van der Waals surface area contributed by atoms with Gasteiger partial charge in [-0.1, -0.05) is 24.6 Å². The fourth-order valence-electron chi connectivity index (χ4n) is 5.92. The van der Waals surface area contributed by atoms with Crippen LogP contribution in [0.3, 0.4) is 0 Å². The lowest BCUT2D eigenvalue weighted by molar-refractivity contribution is 0.0695. The molecular weight excluding hydrogens is 460 g/mol. The Bertz CT molecular complexity index is 1250. The van der Waals surface area contributed by atoms with Crippen LogP contribution in [0.2, 0.25) is 0 Å².